The van der Waals surface area contributed by atoms with Crippen molar-refractivity contribution in [3.63, 3.8) is 0 Å². The number of benzene rings is 1. The van der Waals surface area contributed by atoms with Crippen molar-refractivity contribution < 1.29 is 9.72 Å². The monoisotopic (exact) mass is 392 g/mol. The van der Waals surface area contributed by atoms with Gasteiger partial charge in [0, 0.05) is 23.5 Å². The zero-order chi connectivity index (χ0) is 18.8. The summed E-state index contributed by atoms with van der Waals surface area (Å²) in [6.45, 7) is 3.70. The van der Waals surface area contributed by atoms with Crippen LogP contribution in [0.2, 0.25) is 5.02 Å². The van der Waals surface area contributed by atoms with E-state index in [0.29, 0.717) is 16.5 Å². The standard InChI is InChI=1S/C15H13ClN6O3S/c1-8-5-13-19-20-15(21(13)9(2)17-8)26-7-14(23)18-10-3-4-11(16)12(6-10)22(24)25/h3-6H,7H2,1-2H3,(H,18,23). The first-order valence-corrected chi connectivity index (χ1v) is 8.77. The van der Waals surface area contributed by atoms with E-state index in [1.54, 1.807) is 10.5 Å². The first kappa shape index (κ1) is 18.1. The lowest BCUT2D eigenvalue weighted by molar-refractivity contribution is -0.384. The van der Waals surface area contributed by atoms with Gasteiger partial charge in [-0.2, -0.15) is 0 Å². The first-order chi connectivity index (χ1) is 12.3. The molecule has 0 fully saturated rings. The Morgan fingerprint density at radius 3 is 2.85 bits per heavy atom. The molecular formula is C15H13ClN6O3S. The molecule has 11 heteroatoms. The highest BCUT2D eigenvalue weighted by Crippen LogP contribution is 2.27. The molecule has 0 radical (unpaired) electrons. The van der Waals surface area contributed by atoms with Crippen molar-refractivity contribution >= 4 is 46.3 Å². The lowest BCUT2D eigenvalue weighted by Crippen LogP contribution is -2.14. The Hall–Kier alpha value is -2.72. The van der Waals surface area contributed by atoms with Crippen molar-refractivity contribution in [3.8, 4) is 0 Å². The fourth-order valence-electron chi connectivity index (χ4n) is 2.35. The van der Waals surface area contributed by atoms with Crippen LogP contribution < -0.4 is 5.32 Å². The second-order valence-corrected chi connectivity index (χ2v) is 6.73. The van der Waals surface area contributed by atoms with Crippen LogP contribution in [0.15, 0.2) is 29.4 Å². The summed E-state index contributed by atoms with van der Waals surface area (Å²) in [7, 11) is 0. The molecule has 3 rings (SSSR count). The van der Waals surface area contributed by atoms with Gasteiger partial charge in [0.1, 0.15) is 10.8 Å². The largest absolute Gasteiger partial charge is 0.325 e. The van der Waals surface area contributed by atoms with Crippen LogP contribution in [-0.4, -0.2) is 36.2 Å². The highest BCUT2D eigenvalue weighted by Gasteiger charge is 2.15. The SMILES string of the molecule is Cc1cc2nnc(SCC(=O)Nc3ccc(Cl)c([N+](=O)[O-])c3)n2c(C)n1. The number of nitrogens with zero attached hydrogens (tertiary/aromatic N) is 5. The highest BCUT2D eigenvalue weighted by molar-refractivity contribution is 7.99. The van der Waals surface area contributed by atoms with Crippen molar-refractivity contribution in [2.75, 3.05) is 11.1 Å². The molecule has 0 spiro atoms. The predicted octanol–water partition coefficient (Wildman–Crippen LogP) is 3.03. The number of fused-ring (bicyclic) bond motifs is 1. The molecule has 3 aromatic rings. The van der Waals surface area contributed by atoms with Crippen molar-refractivity contribution in [2.45, 2.75) is 19.0 Å². The van der Waals surface area contributed by atoms with E-state index in [-0.39, 0.29) is 22.4 Å². The Kier molecular flexibility index (Phi) is 5.05. The van der Waals surface area contributed by atoms with Gasteiger partial charge >= 0.3 is 0 Å². The van der Waals surface area contributed by atoms with Gasteiger partial charge in [0.25, 0.3) is 5.69 Å². The number of aryl methyl sites for hydroxylation is 2. The van der Waals surface area contributed by atoms with Gasteiger partial charge in [0.2, 0.25) is 5.91 Å². The van der Waals surface area contributed by atoms with Gasteiger partial charge in [0.15, 0.2) is 10.8 Å². The molecule has 9 nitrogen and oxygen atoms in total. The summed E-state index contributed by atoms with van der Waals surface area (Å²) in [5.74, 6) is 0.451. The lowest BCUT2D eigenvalue weighted by atomic mass is 10.3. The van der Waals surface area contributed by atoms with E-state index < -0.39 is 4.92 Å². The van der Waals surface area contributed by atoms with Gasteiger partial charge < -0.3 is 5.32 Å². The van der Waals surface area contributed by atoms with Gasteiger partial charge in [-0.3, -0.25) is 19.3 Å². The summed E-state index contributed by atoms with van der Waals surface area (Å²) in [5, 5.41) is 22.2. The zero-order valence-corrected chi connectivity index (χ0v) is 15.3. The number of anilines is 1. The molecule has 0 aliphatic rings. The Balaban J connectivity index is 1.70. The maximum Gasteiger partial charge on any atom is 0.289 e. The molecule has 0 saturated carbocycles. The third-order valence-corrected chi connectivity index (χ3v) is 4.67. The van der Waals surface area contributed by atoms with E-state index in [0.717, 1.165) is 11.5 Å². The molecule has 1 aromatic carbocycles. The summed E-state index contributed by atoms with van der Waals surface area (Å²) < 4.78 is 1.76. The third kappa shape index (κ3) is 3.75. The predicted molar refractivity (Wildman–Crippen MR) is 97.7 cm³/mol. The number of hydrogen-bond donors (Lipinski definition) is 1. The minimum atomic E-state index is -0.604. The van der Waals surface area contributed by atoms with Gasteiger partial charge in [-0.1, -0.05) is 23.4 Å². The van der Waals surface area contributed by atoms with Crippen LogP contribution in [0, 0.1) is 24.0 Å². The van der Waals surface area contributed by atoms with E-state index in [4.69, 9.17) is 11.6 Å². The number of thioether (sulfide) groups is 1. The number of carbonyl (C=O) groups is 1. The van der Waals surface area contributed by atoms with Crippen molar-refractivity contribution in [1.82, 2.24) is 19.6 Å². The minimum Gasteiger partial charge on any atom is -0.325 e. The summed E-state index contributed by atoms with van der Waals surface area (Å²) in [4.78, 5) is 26.8. The molecule has 1 N–H and O–H groups in total. The number of carbonyl (C=O) groups excluding carboxylic acids is 1. The number of rotatable bonds is 5. The molecule has 0 bridgehead atoms. The maximum absolute atomic E-state index is 12.1. The number of nitro groups is 1. The van der Waals surface area contributed by atoms with Gasteiger partial charge in [-0.05, 0) is 26.0 Å². The van der Waals surface area contributed by atoms with Crippen LogP contribution >= 0.6 is 23.4 Å². The number of nitro benzene ring substituents is 1. The van der Waals surface area contributed by atoms with E-state index in [1.807, 2.05) is 13.8 Å². The van der Waals surface area contributed by atoms with Crippen LogP contribution in [0.25, 0.3) is 5.65 Å². The second kappa shape index (κ2) is 7.26. The lowest BCUT2D eigenvalue weighted by Gasteiger charge is -2.06. The summed E-state index contributed by atoms with van der Waals surface area (Å²) in [5.41, 5.74) is 1.52. The molecule has 2 aromatic heterocycles. The van der Waals surface area contributed by atoms with Crippen LogP contribution in [0.4, 0.5) is 11.4 Å². The second-order valence-electron chi connectivity index (χ2n) is 5.38. The molecule has 0 atom stereocenters. The van der Waals surface area contributed by atoms with Gasteiger partial charge in [0.05, 0.1) is 10.7 Å². The van der Waals surface area contributed by atoms with Crippen molar-refractivity contribution in [1.29, 1.82) is 0 Å². The summed E-state index contributed by atoms with van der Waals surface area (Å²) in [6, 6.07) is 5.89. The molecule has 26 heavy (non-hydrogen) atoms. The number of aromatic nitrogens is 4. The first-order valence-electron chi connectivity index (χ1n) is 7.41. The fourth-order valence-corrected chi connectivity index (χ4v) is 3.33. The third-order valence-electron chi connectivity index (χ3n) is 3.42. The smallest absolute Gasteiger partial charge is 0.289 e. The van der Waals surface area contributed by atoms with Crippen molar-refractivity contribution in [3.05, 3.63) is 50.9 Å². The highest BCUT2D eigenvalue weighted by atomic mass is 35.5. The van der Waals surface area contributed by atoms with Crippen LogP contribution in [0.5, 0.6) is 0 Å². The molecule has 134 valence electrons. The van der Waals surface area contributed by atoms with E-state index in [9.17, 15) is 14.9 Å². The maximum atomic E-state index is 12.1. The quantitative estimate of drug-likeness (QED) is 0.403. The van der Waals surface area contributed by atoms with Crippen molar-refractivity contribution in [2.24, 2.45) is 0 Å². The molecule has 1 amide bonds. The average molecular weight is 393 g/mol. The Bertz CT molecular complexity index is 1020. The molecule has 0 aliphatic heterocycles. The topological polar surface area (TPSA) is 115 Å². The average Bonchev–Trinajstić information content (AvgIpc) is 2.97. The zero-order valence-electron chi connectivity index (χ0n) is 13.8. The normalized spacial score (nSPS) is 10.9. The Morgan fingerprint density at radius 2 is 2.12 bits per heavy atom. The fraction of sp³-hybridized carbons (Fsp3) is 0.200. The molecule has 0 unspecified atom stereocenters. The molecule has 0 aliphatic carbocycles. The summed E-state index contributed by atoms with van der Waals surface area (Å²) in [6.07, 6.45) is 0. The van der Waals surface area contributed by atoms with Crippen LogP contribution in [0.3, 0.4) is 0 Å². The minimum absolute atomic E-state index is 0.00979. The molecule has 0 saturated heterocycles. The van der Waals surface area contributed by atoms with Crippen LogP contribution in [0.1, 0.15) is 11.5 Å². The van der Waals surface area contributed by atoms with E-state index in [2.05, 4.69) is 20.5 Å². The molecule has 2 heterocycles. The Labute approximate surface area is 156 Å². The molecular weight excluding hydrogens is 380 g/mol. The number of amides is 1. The Morgan fingerprint density at radius 1 is 1.35 bits per heavy atom. The number of nitrogens with one attached hydrogen (secondary N) is 1. The number of halogens is 1. The van der Waals surface area contributed by atoms with E-state index in [1.165, 1.54) is 30.0 Å². The van der Waals surface area contributed by atoms with Crippen LogP contribution in [-0.2, 0) is 4.79 Å². The summed E-state index contributed by atoms with van der Waals surface area (Å²) >= 11 is 6.95. The number of hydrogen-bond acceptors (Lipinski definition) is 7. The van der Waals surface area contributed by atoms with E-state index >= 15 is 0 Å². The van der Waals surface area contributed by atoms with Gasteiger partial charge in [-0.25, -0.2) is 4.98 Å². The van der Waals surface area contributed by atoms with Gasteiger partial charge in [-0.15, -0.1) is 10.2 Å².